The number of fused-ring (bicyclic) bond motifs is 4. The molecule has 0 atom stereocenters. The summed E-state index contributed by atoms with van der Waals surface area (Å²) in [6.07, 6.45) is 3.87. The van der Waals surface area contributed by atoms with E-state index in [4.69, 9.17) is 11.6 Å². The van der Waals surface area contributed by atoms with Crippen molar-refractivity contribution in [2.75, 3.05) is 26.2 Å². The Morgan fingerprint density at radius 1 is 1.17 bits per heavy atom. The first-order valence-electron chi connectivity index (χ1n) is 7.96. The molecule has 3 saturated heterocycles. The van der Waals surface area contributed by atoms with E-state index < -0.39 is 0 Å². The molecule has 4 nitrogen and oxygen atoms in total. The number of rotatable bonds is 2. The maximum atomic E-state index is 12.9. The first-order valence-corrected chi connectivity index (χ1v) is 9.16. The summed E-state index contributed by atoms with van der Waals surface area (Å²) >= 11 is 7.67. The lowest BCUT2D eigenvalue weighted by atomic mass is 10.1. The summed E-state index contributed by atoms with van der Waals surface area (Å²) in [6.45, 7) is 4.03. The van der Waals surface area contributed by atoms with Crippen molar-refractivity contribution in [3.05, 3.63) is 40.4 Å². The van der Waals surface area contributed by atoms with Gasteiger partial charge in [-0.2, -0.15) is 0 Å². The predicted molar refractivity (Wildman–Crippen MR) is 93.1 cm³/mol. The minimum Gasteiger partial charge on any atom is -0.334 e. The molecule has 3 aliphatic heterocycles. The third-order valence-corrected chi connectivity index (χ3v) is 6.08. The van der Waals surface area contributed by atoms with Crippen LogP contribution in [-0.4, -0.2) is 52.9 Å². The van der Waals surface area contributed by atoms with Crippen LogP contribution in [0.1, 0.15) is 22.5 Å². The van der Waals surface area contributed by atoms with Gasteiger partial charge in [-0.1, -0.05) is 29.8 Å². The van der Waals surface area contributed by atoms with E-state index in [9.17, 15) is 4.79 Å². The van der Waals surface area contributed by atoms with Crippen LogP contribution in [0.3, 0.4) is 0 Å². The Morgan fingerprint density at radius 3 is 2.74 bits per heavy atom. The lowest BCUT2D eigenvalue weighted by molar-refractivity contribution is 0.0689. The largest absolute Gasteiger partial charge is 0.334 e. The van der Waals surface area contributed by atoms with Gasteiger partial charge >= 0.3 is 0 Å². The number of piperidine rings is 1. The van der Waals surface area contributed by atoms with Crippen LogP contribution in [0.15, 0.2) is 30.5 Å². The Hall–Kier alpha value is -1.43. The lowest BCUT2D eigenvalue weighted by Crippen LogP contribution is -2.41. The zero-order chi connectivity index (χ0) is 15.8. The molecule has 0 radical (unpaired) electrons. The van der Waals surface area contributed by atoms with Gasteiger partial charge in [0.2, 0.25) is 0 Å². The molecular formula is C17H18ClN3OS. The van der Waals surface area contributed by atoms with Gasteiger partial charge in [0.1, 0.15) is 9.88 Å². The molecule has 1 aromatic carbocycles. The number of hydrogen-bond acceptors (Lipinski definition) is 4. The second kappa shape index (κ2) is 6.23. The fraction of sp³-hybridized carbons (Fsp3) is 0.412. The minimum atomic E-state index is 0.120. The first-order chi connectivity index (χ1) is 11.2. The van der Waals surface area contributed by atoms with Crippen molar-refractivity contribution >= 4 is 28.8 Å². The van der Waals surface area contributed by atoms with Crippen molar-refractivity contribution in [2.45, 2.75) is 18.9 Å². The van der Waals surface area contributed by atoms with Gasteiger partial charge in [0.25, 0.3) is 5.91 Å². The van der Waals surface area contributed by atoms with E-state index in [2.05, 4.69) is 14.8 Å². The van der Waals surface area contributed by atoms with E-state index in [1.165, 1.54) is 11.3 Å². The van der Waals surface area contributed by atoms with Crippen molar-refractivity contribution in [3.63, 3.8) is 0 Å². The van der Waals surface area contributed by atoms with Gasteiger partial charge in [0.15, 0.2) is 0 Å². The summed E-state index contributed by atoms with van der Waals surface area (Å²) in [5, 5.41) is 1.48. The van der Waals surface area contributed by atoms with Gasteiger partial charge in [-0.25, -0.2) is 4.98 Å². The number of benzene rings is 1. The number of nitrogens with zero attached hydrogens (tertiary/aromatic N) is 3. The fourth-order valence-electron chi connectivity index (χ4n) is 3.43. The van der Waals surface area contributed by atoms with Gasteiger partial charge in [-0.05, 0) is 18.9 Å². The van der Waals surface area contributed by atoms with Gasteiger partial charge < -0.3 is 9.80 Å². The van der Waals surface area contributed by atoms with Crippen LogP contribution >= 0.6 is 22.9 Å². The Labute approximate surface area is 144 Å². The van der Waals surface area contributed by atoms with Crippen LogP contribution in [0.25, 0.3) is 10.6 Å². The molecule has 4 heterocycles. The van der Waals surface area contributed by atoms with E-state index >= 15 is 0 Å². The van der Waals surface area contributed by atoms with Gasteiger partial charge in [-0.3, -0.25) is 4.79 Å². The Morgan fingerprint density at radius 2 is 1.96 bits per heavy atom. The van der Waals surface area contributed by atoms with Crippen molar-refractivity contribution < 1.29 is 4.79 Å². The maximum Gasteiger partial charge on any atom is 0.265 e. The van der Waals surface area contributed by atoms with Crippen LogP contribution < -0.4 is 0 Å². The monoisotopic (exact) mass is 347 g/mol. The quantitative estimate of drug-likeness (QED) is 0.835. The van der Waals surface area contributed by atoms with E-state index in [0.29, 0.717) is 15.9 Å². The summed E-state index contributed by atoms with van der Waals surface area (Å²) in [6, 6.07) is 8.01. The van der Waals surface area contributed by atoms with Gasteiger partial charge in [0, 0.05) is 37.8 Å². The molecule has 0 saturated carbocycles. The van der Waals surface area contributed by atoms with E-state index in [1.54, 1.807) is 6.20 Å². The normalized spacial score (nSPS) is 23.8. The number of thiazole rings is 1. The molecule has 3 fully saturated rings. The Balaban J connectivity index is 1.59. The van der Waals surface area contributed by atoms with Crippen molar-refractivity contribution in [3.8, 4) is 10.6 Å². The zero-order valence-electron chi connectivity index (χ0n) is 12.7. The highest BCUT2D eigenvalue weighted by Gasteiger charge is 2.33. The first kappa shape index (κ1) is 15.1. The molecule has 120 valence electrons. The number of amides is 1. The SMILES string of the molecule is O=C(c1cnc(-c2ccccc2Cl)s1)N1CCN2CCC1CC2. The second-order valence-electron chi connectivity index (χ2n) is 6.08. The summed E-state index contributed by atoms with van der Waals surface area (Å²) in [5.74, 6) is 0.120. The molecule has 2 bridgehead atoms. The van der Waals surface area contributed by atoms with Crippen LogP contribution in [0.2, 0.25) is 5.02 Å². The molecule has 5 rings (SSSR count). The number of aromatic nitrogens is 1. The Bertz CT molecular complexity index is 724. The highest BCUT2D eigenvalue weighted by Crippen LogP contribution is 2.32. The molecular weight excluding hydrogens is 330 g/mol. The second-order valence-corrected chi connectivity index (χ2v) is 7.52. The predicted octanol–water partition coefficient (Wildman–Crippen LogP) is 3.38. The van der Waals surface area contributed by atoms with Crippen LogP contribution in [0, 0.1) is 0 Å². The lowest BCUT2D eigenvalue weighted by Gasteiger charge is -2.31. The highest BCUT2D eigenvalue weighted by molar-refractivity contribution is 7.17. The number of hydrogen-bond donors (Lipinski definition) is 0. The van der Waals surface area contributed by atoms with Crippen molar-refractivity contribution in [1.29, 1.82) is 0 Å². The number of carbonyl (C=O) groups excluding carboxylic acids is 1. The molecule has 0 spiro atoms. The third-order valence-electron chi connectivity index (χ3n) is 4.74. The van der Waals surface area contributed by atoms with Gasteiger partial charge in [-0.15, -0.1) is 11.3 Å². The summed E-state index contributed by atoms with van der Waals surface area (Å²) < 4.78 is 0. The van der Waals surface area contributed by atoms with Gasteiger partial charge in [0.05, 0.1) is 11.2 Å². The number of halogens is 1. The summed E-state index contributed by atoms with van der Waals surface area (Å²) in [5.41, 5.74) is 0.890. The van der Waals surface area contributed by atoms with E-state index in [0.717, 1.165) is 49.6 Å². The van der Waals surface area contributed by atoms with Crippen molar-refractivity contribution in [2.24, 2.45) is 0 Å². The van der Waals surface area contributed by atoms with Crippen molar-refractivity contribution in [1.82, 2.24) is 14.8 Å². The van der Waals surface area contributed by atoms with Crippen LogP contribution in [0.5, 0.6) is 0 Å². The van der Waals surface area contributed by atoms with E-state index in [1.807, 2.05) is 24.3 Å². The molecule has 3 aliphatic rings. The summed E-state index contributed by atoms with van der Waals surface area (Å²) in [4.78, 5) is 22.5. The molecule has 23 heavy (non-hydrogen) atoms. The molecule has 1 aromatic heterocycles. The smallest absolute Gasteiger partial charge is 0.265 e. The highest BCUT2D eigenvalue weighted by atomic mass is 35.5. The molecule has 0 unspecified atom stereocenters. The fourth-order valence-corrected chi connectivity index (χ4v) is 4.62. The number of carbonyl (C=O) groups is 1. The average molecular weight is 348 g/mol. The van der Waals surface area contributed by atoms with E-state index in [-0.39, 0.29) is 5.91 Å². The molecule has 0 N–H and O–H groups in total. The van der Waals surface area contributed by atoms with Crippen LogP contribution in [0.4, 0.5) is 0 Å². The molecule has 1 amide bonds. The third kappa shape index (κ3) is 2.89. The molecule has 2 aromatic rings. The van der Waals surface area contributed by atoms with Crippen LogP contribution in [-0.2, 0) is 0 Å². The topological polar surface area (TPSA) is 36.4 Å². The zero-order valence-corrected chi connectivity index (χ0v) is 14.3. The standard InChI is InChI=1S/C17H18ClN3OS/c18-14-4-2-1-3-13(14)16-19-11-15(23-16)17(22)21-10-9-20-7-5-12(21)6-8-20/h1-4,11-12H,5-10H2. The maximum absolute atomic E-state index is 12.9. The molecule has 6 heteroatoms. The Kier molecular flexibility index (Phi) is 4.09. The summed E-state index contributed by atoms with van der Waals surface area (Å²) in [7, 11) is 0. The minimum absolute atomic E-state index is 0.120. The average Bonchev–Trinajstić information content (AvgIpc) is 2.87. The molecule has 0 aliphatic carbocycles.